The molecule has 2 atom stereocenters. The number of nitro benzene ring substituents is 2. The molecule has 1 fully saturated rings. The molecule has 0 bridgehead atoms. The lowest BCUT2D eigenvalue weighted by Gasteiger charge is -2.38. The molecule has 11 heteroatoms. The number of nitrogens with zero attached hydrogens (tertiary/aromatic N) is 3. The highest BCUT2D eigenvalue weighted by Gasteiger charge is 2.41. The molecule has 1 aromatic rings. The van der Waals surface area contributed by atoms with Crippen LogP contribution in [-0.2, 0) is 6.18 Å². The molecule has 0 aromatic heterocycles. The smallest absolute Gasteiger partial charge is 0.356 e. The first kappa shape index (κ1) is 18.3. The Balaban J connectivity index is 2.73. The Morgan fingerprint density at radius 2 is 1.67 bits per heavy atom. The Hall–Kier alpha value is -2.04. The van der Waals surface area contributed by atoms with E-state index >= 15 is 0 Å². The van der Waals surface area contributed by atoms with E-state index in [0.29, 0.717) is 17.9 Å². The first-order chi connectivity index (χ1) is 11.0. The second-order valence-corrected chi connectivity index (χ2v) is 6.87. The van der Waals surface area contributed by atoms with E-state index in [2.05, 4.69) is 0 Å². The monoisotopic (exact) mass is 365 g/mol. The second-order valence-electron chi connectivity index (χ2n) is 5.38. The Labute approximate surface area is 139 Å². The lowest BCUT2D eigenvalue weighted by molar-refractivity contribution is -0.393. The standard InChI is InChI=1S/C13H14F3N3O4S/c1-7-8(2)24-4-3-17(7)12-10(18(20)21)5-9(13(14,15)16)6-11(12)19(22)23/h5-8H,3-4H2,1-2H3. The average molecular weight is 365 g/mol. The lowest BCUT2D eigenvalue weighted by Crippen LogP contribution is -2.45. The van der Waals surface area contributed by atoms with Crippen LogP contribution >= 0.6 is 11.8 Å². The molecule has 2 rings (SSSR count). The molecule has 1 aliphatic heterocycles. The molecule has 0 saturated carbocycles. The summed E-state index contributed by atoms with van der Waals surface area (Å²) < 4.78 is 38.8. The van der Waals surface area contributed by atoms with Gasteiger partial charge in [0.1, 0.15) is 0 Å². The van der Waals surface area contributed by atoms with Crippen molar-refractivity contribution in [2.45, 2.75) is 31.3 Å². The van der Waals surface area contributed by atoms with Crippen molar-refractivity contribution in [1.29, 1.82) is 0 Å². The van der Waals surface area contributed by atoms with Gasteiger partial charge in [-0.3, -0.25) is 20.2 Å². The van der Waals surface area contributed by atoms with Gasteiger partial charge in [0.25, 0.3) is 11.4 Å². The van der Waals surface area contributed by atoms with E-state index in [1.807, 2.05) is 6.92 Å². The van der Waals surface area contributed by atoms with Gasteiger partial charge in [-0.1, -0.05) is 6.92 Å². The molecule has 1 saturated heterocycles. The Morgan fingerprint density at radius 1 is 1.17 bits per heavy atom. The van der Waals surface area contributed by atoms with E-state index in [1.165, 1.54) is 4.90 Å². The predicted molar refractivity (Wildman–Crippen MR) is 83.5 cm³/mol. The predicted octanol–water partition coefficient (Wildman–Crippen LogP) is 3.85. The molecular formula is C13H14F3N3O4S. The maximum Gasteiger partial charge on any atom is 0.416 e. The summed E-state index contributed by atoms with van der Waals surface area (Å²) >= 11 is 1.60. The molecule has 1 aromatic carbocycles. The summed E-state index contributed by atoms with van der Waals surface area (Å²) in [6, 6.07) is 0.432. The third-order valence-electron chi connectivity index (χ3n) is 3.96. The Bertz CT molecular complexity index is 648. The summed E-state index contributed by atoms with van der Waals surface area (Å²) in [5, 5.41) is 22.6. The lowest BCUT2D eigenvalue weighted by atomic mass is 10.1. The van der Waals surface area contributed by atoms with Crippen molar-refractivity contribution in [1.82, 2.24) is 0 Å². The van der Waals surface area contributed by atoms with Crippen molar-refractivity contribution in [3.63, 3.8) is 0 Å². The minimum absolute atomic E-state index is 0.0280. The number of hydrogen-bond donors (Lipinski definition) is 0. The molecule has 7 nitrogen and oxygen atoms in total. The van der Waals surface area contributed by atoms with E-state index in [1.54, 1.807) is 18.7 Å². The molecule has 24 heavy (non-hydrogen) atoms. The zero-order valence-corrected chi connectivity index (χ0v) is 13.6. The van der Waals surface area contributed by atoms with E-state index < -0.39 is 33.0 Å². The van der Waals surface area contributed by atoms with Gasteiger partial charge in [0.15, 0.2) is 5.69 Å². The third-order valence-corrected chi connectivity index (χ3v) is 5.30. The van der Waals surface area contributed by atoms with Gasteiger partial charge in [0.2, 0.25) is 0 Å². The first-order valence-corrected chi connectivity index (χ1v) is 8.01. The fourth-order valence-electron chi connectivity index (χ4n) is 2.59. The van der Waals surface area contributed by atoms with Crippen molar-refractivity contribution in [2.75, 3.05) is 17.2 Å². The van der Waals surface area contributed by atoms with Crippen molar-refractivity contribution in [3.05, 3.63) is 37.9 Å². The maximum atomic E-state index is 12.9. The van der Waals surface area contributed by atoms with Crippen LogP contribution in [-0.4, -0.2) is 33.4 Å². The van der Waals surface area contributed by atoms with Crippen LogP contribution in [0, 0.1) is 20.2 Å². The molecule has 0 N–H and O–H groups in total. The summed E-state index contributed by atoms with van der Waals surface area (Å²) in [6.45, 7) is 3.88. The molecule has 0 aliphatic carbocycles. The SMILES string of the molecule is CC1SCCN(c2c([N+](=O)[O-])cc(C(F)(F)F)cc2[N+](=O)[O-])C1C. The number of anilines is 1. The highest BCUT2D eigenvalue weighted by Crippen LogP contribution is 2.45. The number of benzene rings is 1. The van der Waals surface area contributed by atoms with Gasteiger partial charge >= 0.3 is 6.18 Å². The number of thioether (sulfide) groups is 1. The first-order valence-electron chi connectivity index (χ1n) is 6.96. The Kier molecular flexibility index (Phi) is 4.92. The summed E-state index contributed by atoms with van der Waals surface area (Å²) in [5.41, 5.74) is -3.57. The van der Waals surface area contributed by atoms with Crippen LogP contribution in [0.2, 0.25) is 0 Å². The largest absolute Gasteiger partial charge is 0.416 e. The zero-order valence-electron chi connectivity index (χ0n) is 12.7. The molecule has 0 amide bonds. The second kappa shape index (κ2) is 6.46. The number of rotatable bonds is 3. The van der Waals surface area contributed by atoms with Crippen molar-refractivity contribution in [2.24, 2.45) is 0 Å². The van der Waals surface area contributed by atoms with Crippen LogP contribution in [0.5, 0.6) is 0 Å². The van der Waals surface area contributed by atoms with E-state index in [-0.39, 0.29) is 23.5 Å². The minimum Gasteiger partial charge on any atom is -0.356 e. The molecule has 1 heterocycles. The molecule has 0 radical (unpaired) electrons. The van der Waals surface area contributed by atoms with Crippen LogP contribution < -0.4 is 4.90 Å². The van der Waals surface area contributed by atoms with Gasteiger partial charge in [0, 0.05) is 35.7 Å². The third kappa shape index (κ3) is 3.40. The summed E-state index contributed by atoms with van der Waals surface area (Å²) in [7, 11) is 0. The molecule has 1 aliphatic rings. The minimum atomic E-state index is -4.91. The Morgan fingerprint density at radius 3 is 2.08 bits per heavy atom. The summed E-state index contributed by atoms with van der Waals surface area (Å²) in [5.74, 6) is 0.570. The van der Waals surface area contributed by atoms with Crippen LogP contribution in [0.3, 0.4) is 0 Å². The summed E-state index contributed by atoms with van der Waals surface area (Å²) in [6.07, 6.45) is -4.91. The van der Waals surface area contributed by atoms with Crippen LogP contribution in [0.15, 0.2) is 12.1 Å². The normalized spacial score (nSPS) is 21.6. The maximum absolute atomic E-state index is 12.9. The number of halogens is 3. The summed E-state index contributed by atoms with van der Waals surface area (Å²) in [4.78, 5) is 22.0. The van der Waals surface area contributed by atoms with E-state index in [9.17, 15) is 33.4 Å². The molecule has 0 spiro atoms. The van der Waals surface area contributed by atoms with Gasteiger partial charge < -0.3 is 4.90 Å². The molecular weight excluding hydrogens is 351 g/mol. The van der Waals surface area contributed by atoms with Crippen molar-refractivity contribution < 1.29 is 23.0 Å². The van der Waals surface area contributed by atoms with E-state index in [0.717, 1.165) is 0 Å². The van der Waals surface area contributed by atoms with Crippen molar-refractivity contribution >= 4 is 28.8 Å². The van der Waals surface area contributed by atoms with Gasteiger partial charge in [-0.2, -0.15) is 24.9 Å². The van der Waals surface area contributed by atoms with E-state index in [4.69, 9.17) is 0 Å². The highest BCUT2D eigenvalue weighted by molar-refractivity contribution is 8.00. The fraction of sp³-hybridized carbons (Fsp3) is 0.538. The van der Waals surface area contributed by atoms with Gasteiger partial charge in [-0.25, -0.2) is 0 Å². The fourth-order valence-corrected chi connectivity index (χ4v) is 3.69. The van der Waals surface area contributed by atoms with Gasteiger partial charge in [-0.05, 0) is 6.92 Å². The number of hydrogen-bond acceptors (Lipinski definition) is 6. The van der Waals surface area contributed by atoms with Gasteiger partial charge in [-0.15, -0.1) is 0 Å². The van der Waals surface area contributed by atoms with Crippen molar-refractivity contribution in [3.8, 4) is 0 Å². The van der Waals surface area contributed by atoms with Crippen LogP contribution in [0.4, 0.5) is 30.2 Å². The topological polar surface area (TPSA) is 89.5 Å². The zero-order chi connectivity index (χ0) is 18.2. The van der Waals surface area contributed by atoms with Crippen LogP contribution in [0.25, 0.3) is 0 Å². The van der Waals surface area contributed by atoms with Crippen LogP contribution in [0.1, 0.15) is 19.4 Å². The number of alkyl halides is 3. The number of nitro groups is 2. The van der Waals surface area contributed by atoms with Gasteiger partial charge in [0.05, 0.1) is 15.4 Å². The molecule has 132 valence electrons. The average Bonchev–Trinajstić information content (AvgIpc) is 2.47. The highest BCUT2D eigenvalue weighted by atomic mass is 32.2. The molecule has 2 unspecified atom stereocenters. The quantitative estimate of drug-likeness (QED) is 0.597.